The molecule has 0 saturated carbocycles. The van der Waals surface area contributed by atoms with Crippen LogP contribution in [0.1, 0.15) is 35.3 Å². The summed E-state index contributed by atoms with van der Waals surface area (Å²) in [5.74, 6) is 6.49. The Morgan fingerprint density at radius 1 is 1.06 bits per heavy atom. The molecule has 0 unspecified atom stereocenters. The molecule has 2 heterocycles. The van der Waals surface area contributed by atoms with Crippen LogP contribution in [0.4, 0.5) is 0 Å². The van der Waals surface area contributed by atoms with Crippen LogP contribution >= 0.6 is 0 Å². The van der Waals surface area contributed by atoms with E-state index in [-0.39, 0.29) is 5.91 Å². The Morgan fingerprint density at radius 2 is 1.75 bits per heavy atom. The van der Waals surface area contributed by atoms with E-state index in [0.717, 1.165) is 33.8 Å². The number of nitrogens with zero attached hydrogens (tertiary/aromatic N) is 4. The first-order chi connectivity index (χ1) is 17.5. The van der Waals surface area contributed by atoms with Crippen LogP contribution in [0.2, 0.25) is 0 Å². The maximum atomic E-state index is 12.7. The Balaban J connectivity index is 1.45. The molecule has 4 rings (SSSR count). The number of carbonyl (C=O) groups excluding carboxylic acids is 1. The van der Waals surface area contributed by atoms with Crippen molar-refractivity contribution in [3.8, 4) is 23.1 Å². The Bertz CT molecular complexity index is 1310. The summed E-state index contributed by atoms with van der Waals surface area (Å²) < 4.78 is 5.34. The number of morpholine rings is 1. The van der Waals surface area contributed by atoms with Gasteiger partial charge in [-0.3, -0.25) is 14.8 Å². The molecule has 36 heavy (non-hydrogen) atoms. The molecule has 0 N–H and O–H groups in total. The topological polar surface area (TPSA) is 58.0 Å². The van der Waals surface area contributed by atoms with E-state index in [1.54, 1.807) is 11.2 Å². The van der Waals surface area contributed by atoms with Crippen molar-refractivity contribution in [2.45, 2.75) is 13.8 Å². The molecule has 2 aromatic carbocycles. The van der Waals surface area contributed by atoms with Crippen molar-refractivity contribution in [3.63, 3.8) is 0 Å². The van der Waals surface area contributed by atoms with Gasteiger partial charge in [0.2, 0.25) is 0 Å². The number of hydrogen-bond acceptors (Lipinski definition) is 5. The van der Waals surface area contributed by atoms with Crippen LogP contribution in [0.25, 0.3) is 11.3 Å². The highest BCUT2D eigenvalue weighted by Crippen LogP contribution is 2.17. The van der Waals surface area contributed by atoms with Crippen molar-refractivity contribution in [2.24, 2.45) is 5.10 Å². The molecular weight excluding hydrogens is 448 g/mol. The number of rotatable bonds is 5. The number of ether oxygens (including phenoxy) is 1. The third kappa shape index (κ3) is 6.26. The summed E-state index contributed by atoms with van der Waals surface area (Å²) in [4.78, 5) is 19.0. The summed E-state index contributed by atoms with van der Waals surface area (Å²) in [5, 5.41) is 6.49. The van der Waals surface area contributed by atoms with Crippen molar-refractivity contribution in [3.05, 3.63) is 101 Å². The number of carbonyl (C=O) groups is 1. The van der Waals surface area contributed by atoms with Gasteiger partial charge in [0.05, 0.1) is 24.6 Å². The molecule has 0 radical (unpaired) electrons. The van der Waals surface area contributed by atoms with Crippen molar-refractivity contribution < 1.29 is 9.53 Å². The molecule has 6 heteroatoms. The SMILES string of the molecule is CC=C(C#Cc1ccnc(-c2ccccc2)c1)N(C)N=C(C)c1ccc(C(=O)N2CCOCC2)cc1. The van der Waals surface area contributed by atoms with Crippen molar-refractivity contribution in [2.75, 3.05) is 33.4 Å². The molecule has 1 fully saturated rings. The summed E-state index contributed by atoms with van der Waals surface area (Å²) in [7, 11) is 1.88. The average molecular weight is 479 g/mol. The van der Waals surface area contributed by atoms with Gasteiger partial charge in [-0.15, -0.1) is 0 Å². The second-order valence-electron chi connectivity index (χ2n) is 8.41. The predicted octanol–water partition coefficient (Wildman–Crippen LogP) is 4.83. The molecule has 0 aliphatic carbocycles. The normalized spacial score (nSPS) is 14.1. The number of pyridine rings is 1. The first-order valence-electron chi connectivity index (χ1n) is 12.0. The fourth-order valence-corrected chi connectivity index (χ4v) is 3.89. The lowest BCUT2D eigenvalue weighted by Gasteiger charge is -2.26. The van der Waals surface area contributed by atoms with Gasteiger partial charge in [0, 0.05) is 43.0 Å². The lowest BCUT2D eigenvalue weighted by atomic mass is 10.1. The number of hydrogen-bond donors (Lipinski definition) is 0. The van der Waals surface area contributed by atoms with Crippen molar-refractivity contribution >= 4 is 11.6 Å². The van der Waals surface area contributed by atoms with Crippen molar-refractivity contribution in [1.29, 1.82) is 0 Å². The average Bonchev–Trinajstić information content (AvgIpc) is 2.94. The van der Waals surface area contributed by atoms with E-state index in [1.165, 1.54) is 0 Å². The lowest BCUT2D eigenvalue weighted by molar-refractivity contribution is 0.0303. The van der Waals surface area contributed by atoms with Crippen LogP contribution in [0, 0.1) is 11.8 Å². The van der Waals surface area contributed by atoms with Gasteiger partial charge in [0.1, 0.15) is 5.70 Å². The molecule has 1 aliphatic heterocycles. The molecule has 1 amide bonds. The van der Waals surface area contributed by atoms with Gasteiger partial charge in [-0.1, -0.05) is 54.5 Å². The predicted molar refractivity (Wildman–Crippen MR) is 143 cm³/mol. The summed E-state index contributed by atoms with van der Waals surface area (Å²) in [6, 6.07) is 21.5. The van der Waals surface area contributed by atoms with Gasteiger partial charge < -0.3 is 9.64 Å². The highest BCUT2D eigenvalue weighted by molar-refractivity contribution is 6.00. The molecule has 6 nitrogen and oxygen atoms in total. The lowest BCUT2D eigenvalue weighted by Crippen LogP contribution is -2.40. The Hall–Kier alpha value is -4.21. The second kappa shape index (κ2) is 12.0. The zero-order valence-electron chi connectivity index (χ0n) is 20.9. The molecule has 3 aromatic rings. The molecule has 0 bridgehead atoms. The fourth-order valence-electron chi connectivity index (χ4n) is 3.89. The third-order valence-electron chi connectivity index (χ3n) is 5.93. The minimum Gasteiger partial charge on any atom is -0.378 e. The first kappa shape index (κ1) is 24.9. The van der Waals surface area contributed by atoms with Crippen LogP contribution in [0.5, 0.6) is 0 Å². The maximum Gasteiger partial charge on any atom is 0.254 e. The van der Waals surface area contributed by atoms with E-state index in [0.29, 0.717) is 31.9 Å². The molecule has 1 saturated heterocycles. The maximum absolute atomic E-state index is 12.7. The minimum atomic E-state index is 0.0366. The number of allylic oxidation sites excluding steroid dienone is 2. The number of benzene rings is 2. The highest BCUT2D eigenvalue weighted by Gasteiger charge is 2.18. The quantitative estimate of drug-likeness (QED) is 0.299. The highest BCUT2D eigenvalue weighted by atomic mass is 16.5. The largest absolute Gasteiger partial charge is 0.378 e. The van der Waals surface area contributed by atoms with E-state index < -0.39 is 0 Å². The first-order valence-corrected chi connectivity index (χ1v) is 12.0. The van der Waals surface area contributed by atoms with Crippen LogP contribution in [0.15, 0.2) is 89.8 Å². The summed E-state index contributed by atoms with van der Waals surface area (Å²) >= 11 is 0. The Kier molecular flexibility index (Phi) is 8.28. The van der Waals surface area contributed by atoms with E-state index in [9.17, 15) is 4.79 Å². The molecule has 182 valence electrons. The number of aromatic nitrogens is 1. The molecule has 1 aromatic heterocycles. The molecular formula is C30H30N4O2. The Labute approximate surface area is 212 Å². The zero-order valence-corrected chi connectivity index (χ0v) is 20.9. The summed E-state index contributed by atoms with van der Waals surface area (Å²) in [6.07, 6.45) is 3.72. The third-order valence-corrected chi connectivity index (χ3v) is 5.93. The van der Waals surface area contributed by atoms with Crippen LogP contribution < -0.4 is 0 Å². The van der Waals surface area contributed by atoms with Gasteiger partial charge in [0.25, 0.3) is 5.91 Å². The molecule has 1 aliphatic rings. The van der Waals surface area contributed by atoms with E-state index in [1.807, 2.05) is 98.6 Å². The number of hydrazone groups is 1. The second-order valence-corrected chi connectivity index (χ2v) is 8.41. The summed E-state index contributed by atoms with van der Waals surface area (Å²) in [6.45, 7) is 6.34. The summed E-state index contributed by atoms with van der Waals surface area (Å²) in [5.41, 5.74) is 6.08. The van der Waals surface area contributed by atoms with Gasteiger partial charge in [-0.2, -0.15) is 5.10 Å². The number of amides is 1. The van der Waals surface area contributed by atoms with E-state index >= 15 is 0 Å². The minimum absolute atomic E-state index is 0.0366. The van der Waals surface area contributed by atoms with Crippen LogP contribution in [-0.4, -0.2) is 59.9 Å². The van der Waals surface area contributed by atoms with Crippen LogP contribution in [0.3, 0.4) is 0 Å². The Morgan fingerprint density at radius 3 is 2.44 bits per heavy atom. The van der Waals surface area contributed by atoms with Gasteiger partial charge in [0.15, 0.2) is 0 Å². The van der Waals surface area contributed by atoms with Gasteiger partial charge >= 0.3 is 0 Å². The van der Waals surface area contributed by atoms with Crippen molar-refractivity contribution in [1.82, 2.24) is 14.9 Å². The fraction of sp³-hybridized carbons (Fsp3) is 0.233. The molecule has 0 spiro atoms. The zero-order chi connectivity index (χ0) is 25.3. The van der Waals surface area contributed by atoms with Gasteiger partial charge in [-0.25, -0.2) is 0 Å². The van der Waals surface area contributed by atoms with E-state index in [4.69, 9.17) is 9.84 Å². The van der Waals surface area contributed by atoms with Crippen LogP contribution in [-0.2, 0) is 4.74 Å². The van der Waals surface area contributed by atoms with E-state index in [2.05, 4.69) is 16.8 Å². The van der Waals surface area contributed by atoms with Gasteiger partial charge in [-0.05, 0) is 49.6 Å². The standard InChI is InChI=1S/C30H30N4O2/c1-4-28(15-10-24-16-17-31-29(22-24)26-8-6-5-7-9-26)33(3)32-23(2)25-11-13-27(14-12-25)30(35)34-18-20-36-21-19-34/h4-9,11-14,16-17,22H,18-21H2,1-3H3. The monoisotopic (exact) mass is 478 g/mol. The molecule has 0 atom stereocenters. The smallest absolute Gasteiger partial charge is 0.254 e.